The van der Waals surface area contributed by atoms with E-state index in [4.69, 9.17) is 4.74 Å². The number of carbonyl (C=O) groups is 1. The first kappa shape index (κ1) is 24.9. The maximum absolute atomic E-state index is 12.7. The van der Waals surface area contributed by atoms with Crippen LogP contribution < -0.4 is 14.8 Å². The molecule has 8 heteroatoms. The normalized spacial score (nSPS) is 18.4. The molecule has 3 rings (SSSR count). The number of ether oxygens (including phenoxy) is 2. The molecular weight excluding hydrogens is 430 g/mol. The highest BCUT2D eigenvalue weighted by molar-refractivity contribution is 5.78. The Hall–Kier alpha value is -2.71. The van der Waals surface area contributed by atoms with E-state index in [2.05, 4.69) is 15.0 Å². The van der Waals surface area contributed by atoms with E-state index in [-0.39, 0.29) is 30.3 Å². The smallest absolute Gasteiger partial charge is 0.387 e. The number of amides is 1. The Kier molecular flexibility index (Phi) is 9.45. The summed E-state index contributed by atoms with van der Waals surface area (Å²) in [5.41, 5.74) is 1.99. The second kappa shape index (κ2) is 12.5. The molecule has 0 spiro atoms. The lowest BCUT2D eigenvalue weighted by molar-refractivity contribution is -0.123. The van der Waals surface area contributed by atoms with Crippen LogP contribution >= 0.6 is 0 Å². The van der Waals surface area contributed by atoms with Crippen molar-refractivity contribution in [2.24, 2.45) is 0 Å². The van der Waals surface area contributed by atoms with Crippen molar-refractivity contribution >= 4 is 5.91 Å². The van der Waals surface area contributed by atoms with Crippen molar-refractivity contribution in [1.82, 2.24) is 10.2 Å². The highest BCUT2D eigenvalue weighted by Gasteiger charge is 2.26. The lowest BCUT2D eigenvalue weighted by Gasteiger charge is -2.35. The number of aliphatic hydroxyl groups is 1. The molecule has 1 amide bonds. The van der Waals surface area contributed by atoms with Gasteiger partial charge in [0, 0.05) is 19.1 Å². The molecule has 0 saturated heterocycles. The minimum absolute atomic E-state index is 0.0679. The summed E-state index contributed by atoms with van der Waals surface area (Å²) in [6, 6.07) is 14.5. The van der Waals surface area contributed by atoms with Crippen molar-refractivity contribution in [3.8, 4) is 11.5 Å². The molecule has 0 atom stereocenters. The molecule has 0 aliphatic heterocycles. The van der Waals surface area contributed by atoms with Gasteiger partial charge in [-0.05, 0) is 67.5 Å². The standard InChI is InChI=1S/C25H32F2N2O4/c1-32-23-4-2-3-19(15-23)16-29(20-7-9-21(30)10-8-20)17-24(31)28-14-13-18-5-11-22(12-6-18)33-25(26)27/h2-6,11-12,15,20-21,25,30H,7-10,13-14,16-17H2,1H3,(H,28,31). The molecule has 0 unspecified atom stereocenters. The quantitative estimate of drug-likeness (QED) is 0.532. The number of alkyl halides is 2. The Morgan fingerprint density at radius 2 is 1.82 bits per heavy atom. The van der Waals surface area contributed by atoms with Crippen molar-refractivity contribution in [3.05, 3.63) is 59.7 Å². The monoisotopic (exact) mass is 462 g/mol. The zero-order valence-electron chi connectivity index (χ0n) is 18.9. The second-order valence-electron chi connectivity index (χ2n) is 8.34. The number of hydrogen-bond donors (Lipinski definition) is 2. The molecule has 0 heterocycles. The molecule has 1 saturated carbocycles. The Labute approximate surface area is 193 Å². The Morgan fingerprint density at radius 3 is 2.48 bits per heavy atom. The van der Waals surface area contributed by atoms with Gasteiger partial charge in [0.2, 0.25) is 5.91 Å². The molecule has 2 aromatic rings. The van der Waals surface area contributed by atoms with E-state index in [1.165, 1.54) is 12.1 Å². The van der Waals surface area contributed by atoms with Gasteiger partial charge in [0.25, 0.3) is 0 Å². The number of rotatable bonds is 11. The van der Waals surface area contributed by atoms with Crippen molar-refractivity contribution in [1.29, 1.82) is 0 Å². The van der Waals surface area contributed by atoms with Gasteiger partial charge in [-0.3, -0.25) is 9.69 Å². The fourth-order valence-corrected chi connectivity index (χ4v) is 4.17. The Balaban J connectivity index is 1.54. The van der Waals surface area contributed by atoms with Crippen LogP contribution in [0.5, 0.6) is 11.5 Å². The molecule has 0 bridgehead atoms. The molecule has 6 nitrogen and oxygen atoms in total. The van der Waals surface area contributed by atoms with E-state index >= 15 is 0 Å². The van der Waals surface area contributed by atoms with E-state index in [0.29, 0.717) is 19.5 Å². The van der Waals surface area contributed by atoms with E-state index in [0.717, 1.165) is 42.6 Å². The fourth-order valence-electron chi connectivity index (χ4n) is 4.17. The van der Waals surface area contributed by atoms with Crippen LogP contribution in [-0.2, 0) is 17.8 Å². The number of aliphatic hydroxyl groups excluding tert-OH is 1. The van der Waals surface area contributed by atoms with Crippen molar-refractivity contribution in [2.45, 2.75) is 57.4 Å². The predicted octanol–water partition coefficient (Wildman–Crippen LogP) is 3.76. The van der Waals surface area contributed by atoms with Crippen LogP contribution in [-0.4, -0.2) is 54.9 Å². The van der Waals surface area contributed by atoms with Crippen LogP contribution in [0, 0.1) is 0 Å². The highest BCUT2D eigenvalue weighted by atomic mass is 19.3. The average molecular weight is 463 g/mol. The first-order valence-corrected chi connectivity index (χ1v) is 11.3. The summed E-state index contributed by atoms with van der Waals surface area (Å²) < 4.78 is 34.2. The molecule has 1 fully saturated rings. The van der Waals surface area contributed by atoms with Gasteiger partial charge in [-0.1, -0.05) is 24.3 Å². The first-order chi connectivity index (χ1) is 15.9. The van der Waals surface area contributed by atoms with Crippen LogP contribution in [0.15, 0.2) is 48.5 Å². The zero-order valence-corrected chi connectivity index (χ0v) is 18.9. The molecule has 0 aromatic heterocycles. The number of methoxy groups -OCH3 is 1. The minimum atomic E-state index is -2.84. The minimum Gasteiger partial charge on any atom is -0.497 e. The van der Waals surface area contributed by atoms with Gasteiger partial charge < -0.3 is 19.9 Å². The Bertz CT molecular complexity index is 871. The maximum atomic E-state index is 12.7. The number of nitrogens with zero attached hydrogens (tertiary/aromatic N) is 1. The van der Waals surface area contributed by atoms with Crippen LogP contribution in [0.1, 0.15) is 36.8 Å². The van der Waals surface area contributed by atoms with Crippen LogP contribution in [0.3, 0.4) is 0 Å². The largest absolute Gasteiger partial charge is 0.497 e. The third kappa shape index (κ3) is 8.29. The number of carbonyl (C=O) groups excluding carboxylic acids is 1. The van der Waals surface area contributed by atoms with Crippen LogP contribution in [0.2, 0.25) is 0 Å². The molecular formula is C25H32F2N2O4. The molecule has 2 N–H and O–H groups in total. The number of benzene rings is 2. The number of hydrogen-bond acceptors (Lipinski definition) is 5. The third-order valence-electron chi connectivity index (χ3n) is 5.93. The van der Waals surface area contributed by atoms with Crippen LogP contribution in [0.4, 0.5) is 8.78 Å². The van der Waals surface area contributed by atoms with E-state index in [9.17, 15) is 18.7 Å². The lowest BCUT2D eigenvalue weighted by Crippen LogP contribution is -2.44. The molecule has 33 heavy (non-hydrogen) atoms. The molecule has 180 valence electrons. The van der Waals surface area contributed by atoms with E-state index in [1.54, 1.807) is 19.2 Å². The first-order valence-electron chi connectivity index (χ1n) is 11.3. The number of nitrogens with one attached hydrogen (secondary N) is 1. The topological polar surface area (TPSA) is 71.0 Å². The van der Waals surface area contributed by atoms with Gasteiger partial charge in [0.1, 0.15) is 11.5 Å². The summed E-state index contributed by atoms with van der Waals surface area (Å²) in [5.74, 6) is 0.825. The van der Waals surface area contributed by atoms with Crippen LogP contribution in [0.25, 0.3) is 0 Å². The fraction of sp³-hybridized carbons (Fsp3) is 0.480. The summed E-state index contributed by atoms with van der Waals surface area (Å²) in [7, 11) is 1.63. The van der Waals surface area contributed by atoms with E-state index < -0.39 is 6.61 Å². The van der Waals surface area contributed by atoms with Crippen molar-refractivity contribution in [3.63, 3.8) is 0 Å². The third-order valence-corrected chi connectivity index (χ3v) is 5.93. The summed E-state index contributed by atoms with van der Waals surface area (Å²) in [6.45, 7) is -1.51. The molecule has 1 aliphatic carbocycles. The second-order valence-corrected chi connectivity index (χ2v) is 8.34. The zero-order chi connectivity index (χ0) is 23.6. The summed E-state index contributed by atoms with van der Waals surface area (Å²) in [5, 5.41) is 12.8. The van der Waals surface area contributed by atoms with Gasteiger partial charge in [0.05, 0.1) is 19.8 Å². The predicted molar refractivity (Wildman–Crippen MR) is 121 cm³/mol. The molecule has 0 radical (unpaired) electrons. The van der Waals surface area contributed by atoms with Gasteiger partial charge in [-0.2, -0.15) is 8.78 Å². The van der Waals surface area contributed by atoms with Gasteiger partial charge in [-0.25, -0.2) is 0 Å². The van der Waals surface area contributed by atoms with E-state index in [1.807, 2.05) is 24.3 Å². The Morgan fingerprint density at radius 1 is 1.09 bits per heavy atom. The maximum Gasteiger partial charge on any atom is 0.387 e. The SMILES string of the molecule is COc1cccc(CN(CC(=O)NCCc2ccc(OC(F)F)cc2)C2CCC(O)CC2)c1. The number of halogens is 2. The summed E-state index contributed by atoms with van der Waals surface area (Å²) >= 11 is 0. The summed E-state index contributed by atoms with van der Waals surface area (Å²) in [6.07, 6.45) is 3.52. The lowest BCUT2D eigenvalue weighted by atomic mass is 9.91. The average Bonchev–Trinajstić information content (AvgIpc) is 2.80. The van der Waals surface area contributed by atoms with Gasteiger partial charge >= 0.3 is 6.61 Å². The molecule has 2 aromatic carbocycles. The van der Waals surface area contributed by atoms with Gasteiger partial charge in [-0.15, -0.1) is 0 Å². The summed E-state index contributed by atoms with van der Waals surface area (Å²) in [4.78, 5) is 14.9. The van der Waals surface area contributed by atoms with Gasteiger partial charge in [0.15, 0.2) is 0 Å². The highest BCUT2D eigenvalue weighted by Crippen LogP contribution is 2.25. The molecule has 1 aliphatic rings. The van der Waals surface area contributed by atoms with Crippen molar-refractivity contribution in [2.75, 3.05) is 20.2 Å². The van der Waals surface area contributed by atoms with Crippen molar-refractivity contribution < 1.29 is 28.2 Å².